The third-order valence-corrected chi connectivity index (χ3v) is 3.49. The van der Waals surface area contributed by atoms with Crippen molar-refractivity contribution in [3.05, 3.63) is 53.1 Å². The average molecular weight is 279 g/mol. The van der Waals surface area contributed by atoms with Gasteiger partial charge in [-0.2, -0.15) is 4.98 Å². The predicted octanol–water partition coefficient (Wildman–Crippen LogP) is 3.91. The van der Waals surface area contributed by atoms with Crippen LogP contribution in [0.2, 0.25) is 0 Å². The van der Waals surface area contributed by atoms with E-state index in [1.54, 1.807) is 0 Å². The number of aryl methyl sites for hydroxylation is 3. The predicted molar refractivity (Wildman–Crippen MR) is 83.8 cm³/mol. The largest absolute Gasteiger partial charge is 0.399 e. The topological polar surface area (TPSA) is 64.9 Å². The van der Waals surface area contributed by atoms with Crippen LogP contribution < -0.4 is 5.73 Å². The summed E-state index contributed by atoms with van der Waals surface area (Å²) in [6, 6.07) is 11.7. The molecular weight excluding hydrogens is 262 g/mol. The molecule has 3 rings (SSSR count). The molecule has 0 atom stereocenters. The number of nitrogens with two attached hydrogens (primary N) is 1. The molecule has 0 aliphatic carbocycles. The lowest BCUT2D eigenvalue weighted by Gasteiger charge is -2.06. The lowest BCUT2D eigenvalue weighted by atomic mass is 10.00. The van der Waals surface area contributed by atoms with Gasteiger partial charge >= 0.3 is 0 Å². The summed E-state index contributed by atoms with van der Waals surface area (Å²) in [5.41, 5.74) is 11.8. The number of nitrogens with zero attached hydrogens (tertiary/aromatic N) is 2. The van der Waals surface area contributed by atoms with Gasteiger partial charge in [-0.25, -0.2) is 0 Å². The molecule has 0 bridgehead atoms. The minimum atomic E-state index is 0.553. The standard InChI is InChI=1S/C17H17N3O/c1-10-8-11(2)15(12(3)9-10)17-19-16(20-21-17)13-4-6-14(18)7-5-13/h4-9H,18H2,1-3H3. The first-order chi connectivity index (χ1) is 10.0. The number of nitrogen functional groups attached to an aromatic ring is 1. The Morgan fingerprint density at radius 1 is 0.952 bits per heavy atom. The smallest absolute Gasteiger partial charge is 0.258 e. The van der Waals surface area contributed by atoms with Gasteiger partial charge < -0.3 is 10.3 Å². The Morgan fingerprint density at radius 2 is 1.57 bits per heavy atom. The van der Waals surface area contributed by atoms with E-state index in [0.29, 0.717) is 17.4 Å². The third kappa shape index (κ3) is 2.52. The summed E-state index contributed by atoms with van der Waals surface area (Å²) in [6.45, 7) is 6.20. The zero-order valence-electron chi connectivity index (χ0n) is 12.3. The summed E-state index contributed by atoms with van der Waals surface area (Å²) in [5, 5.41) is 4.07. The van der Waals surface area contributed by atoms with Gasteiger partial charge in [-0.15, -0.1) is 0 Å². The minimum absolute atomic E-state index is 0.553. The van der Waals surface area contributed by atoms with Crippen LogP contribution in [0.15, 0.2) is 40.9 Å². The molecule has 0 aliphatic heterocycles. The molecule has 2 N–H and O–H groups in total. The fourth-order valence-corrected chi connectivity index (χ4v) is 2.59. The van der Waals surface area contributed by atoms with E-state index < -0.39 is 0 Å². The molecule has 0 aliphatic rings. The van der Waals surface area contributed by atoms with E-state index in [9.17, 15) is 0 Å². The van der Waals surface area contributed by atoms with Crippen LogP contribution in [-0.4, -0.2) is 10.1 Å². The molecule has 1 aromatic heterocycles. The summed E-state index contributed by atoms with van der Waals surface area (Å²) in [6.07, 6.45) is 0. The van der Waals surface area contributed by atoms with E-state index in [4.69, 9.17) is 10.3 Å². The number of aromatic nitrogens is 2. The molecule has 3 aromatic rings. The summed E-state index contributed by atoms with van der Waals surface area (Å²) < 4.78 is 5.44. The Kier molecular flexibility index (Phi) is 3.22. The van der Waals surface area contributed by atoms with Crippen LogP contribution in [0.1, 0.15) is 16.7 Å². The zero-order chi connectivity index (χ0) is 15.0. The molecule has 106 valence electrons. The number of benzene rings is 2. The molecule has 0 saturated heterocycles. The number of hydrogen-bond acceptors (Lipinski definition) is 4. The first-order valence-corrected chi connectivity index (χ1v) is 6.82. The van der Waals surface area contributed by atoms with Crippen molar-refractivity contribution >= 4 is 5.69 Å². The minimum Gasteiger partial charge on any atom is -0.399 e. The van der Waals surface area contributed by atoms with Gasteiger partial charge in [0.25, 0.3) is 5.89 Å². The monoisotopic (exact) mass is 279 g/mol. The molecule has 2 aromatic carbocycles. The van der Waals surface area contributed by atoms with Crippen molar-refractivity contribution in [2.45, 2.75) is 20.8 Å². The zero-order valence-corrected chi connectivity index (χ0v) is 12.3. The van der Waals surface area contributed by atoms with Gasteiger partial charge in [0.15, 0.2) is 0 Å². The molecule has 21 heavy (non-hydrogen) atoms. The summed E-state index contributed by atoms with van der Waals surface area (Å²) >= 11 is 0. The molecule has 0 radical (unpaired) electrons. The van der Waals surface area contributed by atoms with Crippen LogP contribution in [0.25, 0.3) is 22.8 Å². The normalized spacial score (nSPS) is 10.8. The number of anilines is 1. The van der Waals surface area contributed by atoms with Crippen molar-refractivity contribution in [3.8, 4) is 22.8 Å². The molecule has 4 nitrogen and oxygen atoms in total. The second-order valence-corrected chi connectivity index (χ2v) is 5.32. The Balaban J connectivity index is 2.05. The fourth-order valence-electron chi connectivity index (χ4n) is 2.59. The lowest BCUT2D eigenvalue weighted by Crippen LogP contribution is -1.90. The molecular formula is C17H17N3O. The molecule has 0 unspecified atom stereocenters. The van der Waals surface area contributed by atoms with E-state index in [-0.39, 0.29) is 0 Å². The van der Waals surface area contributed by atoms with Gasteiger partial charge in [0, 0.05) is 16.8 Å². The van der Waals surface area contributed by atoms with Gasteiger partial charge in [-0.3, -0.25) is 0 Å². The lowest BCUT2D eigenvalue weighted by molar-refractivity contribution is 0.432. The molecule has 4 heteroatoms. The van der Waals surface area contributed by atoms with E-state index in [0.717, 1.165) is 22.3 Å². The van der Waals surface area contributed by atoms with Crippen molar-refractivity contribution in [3.63, 3.8) is 0 Å². The highest BCUT2D eigenvalue weighted by Crippen LogP contribution is 2.29. The fraction of sp³-hybridized carbons (Fsp3) is 0.176. The summed E-state index contributed by atoms with van der Waals surface area (Å²) in [4.78, 5) is 4.51. The molecule has 0 saturated carbocycles. The van der Waals surface area contributed by atoms with Crippen LogP contribution in [0, 0.1) is 20.8 Å². The van der Waals surface area contributed by atoms with E-state index in [1.807, 2.05) is 24.3 Å². The Hall–Kier alpha value is -2.62. The highest BCUT2D eigenvalue weighted by Gasteiger charge is 2.15. The number of hydrogen-bond donors (Lipinski definition) is 1. The van der Waals surface area contributed by atoms with Crippen LogP contribution in [0.3, 0.4) is 0 Å². The highest BCUT2D eigenvalue weighted by molar-refractivity contribution is 5.66. The second-order valence-electron chi connectivity index (χ2n) is 5.32. The number of rotatable bonds is 2. The second kappa shape index (κ2) is 5.05. The maximum absolute atomic E-state index is 5.69. The summed E-state index contributed by atoms with van der Waals surface area (Å²) in [7, 11) is 0. The first kappa shape index (κ1) is 13.4. The SMILES string of the molecule is Cc1cc(C)c(-c2nc(-c3ccc(N)cc3)no2)c(C)c1. The van der Waals surface area contributed by atoms with Crippen molar-refractivity contribution < 1.29 is 4.52 Å². The van der Waals surface area contributed by atoms with Gasteiger partial charge in [-0.1, -0.05) is 22.9 Å². The van der Waals surface area contributed by atoms with Crippen molar-refractivity contribution in [2.75, 3.05) is 5.73 Å². The van der Waals surface area contributed by atoms with Gasteiger partial charge in [-0.05, 0) is 56.2 Å². The van der Waals surface area contributed by atoms with Crippen LogP contribution >= 0.6 is 0 Å². The third-order valence-electron chi connectivity index (χ3n) is 3.49. The molecule has 1 heterocycles. The quantitative estimate of drug-likeness (QED) is 0.722. The maximum Gasteiger partial charge on any atom is 0.258 e. The van der Waals surface area contributed by atoms with Crippen molar-refractivity contribution in [1.29, 1.82) is 0 Å². The van der Waals surface area contributed by atoms with E-state index in [2.05, 4.69) is 43.0 Å². The molecule has 0 spiro atoms. The molecule has 0 fully saturated rings. The van der Waals surface area contributed by atoms with Crippen LogP contribution in [0.4, 0.5) is 5.69 Å². The maximum atomic E-state index is 5.69. The van der Waals surface area contributed by atoms with Gasteiger partial charge in [0.2, 0.25) is 5.82 Å². The Bertz CT molecular complexity index is 765. The highest BCUT2D eigenvalue weighted by atomic mass is 16.5. The van der Waals surface area contributed by atoms with Crippen molar-refractivity contribution in [1.82, 2.24) is 10.1 Å². The average Bonchev–Trinajstić information content (AvgIpc) is 2.87. The van der Waals surface area contributed by atoms with Gasteiger partial charge in [0.05, 0.1) is 0 Å². The Morgan fingerprint density at radius 3 is 2.19 bits per heavy atom. The first-order valence-electron chi connectivity index (χ1n) is 6.82. The van der Waals surface area contributed by atoms with Crippen molar-refractivity contribution in [2.24, 2.45) is 0 Å². The molecule has 0 amide bonds. The Labute approximate surface area is 123 Å². The van der Waals surface area contributed by atoms with Crippen LogP contribution in [-0.2, 0) is 0 Å². The van der Waals surface area contributed by atoms with E-state index in [1.165, 1.54) is 5.56 Å². The summed E-state index contributed by atoms with van der Waals surface area (Å²) in [5.74, 6) is 1.13. The van der Waals surface area contributed by atoms with Gasteiger partial charge in [0.1, 0.15) is 0 Å². The van der Waals surface area contributed by atoms with E-state index >= 15 is 0 Å². The van der Waals surface area contributed by atoms with Crippen LogP contribution in [0.5, 0.6) is 0 Å².